The summed E-state index contributed by atoms with van der Waals surface area (Å²) in [7, 11) is -1.41. The fourth-order valence-corrected chi connectivity index (χ4v) is 4.83. The van der Waals surface area contributed by atoms with Crippen LogP contribution in [0.3, 0.4) is 0 Å². The van der Waals surface area contributed by atoms with Crippen molar-refractivity contribution in [2.24, 2.45) is 0 Å². The molecule has 1 unspecified atom stereocenters. The Morgan fingerprint density at radius 3 is 2.10 bits per heavy atom. The van der Waals surface area contributed by atoms with Gasteiger partial charge in [-0.1, -0.05) is 31.8 Å². The van der Waals surface area contributed by atoms with Gasteiger partial charge in [0.15, 0.2) is 0 Å². The van der Waals surface area contributed by atoms with Crippen LogP contribution in [0.5, 0.6) is 0 Å². The molecule has 2 rings (SSSR count). The summed E-state index contributed by atoms with van der Waals surface area (Å²) < 4.78 is 37.8. The first-order valence-electron chi connectivity index (χ1n) is 7.26. The van der Waals surface area contributed by atoms with Gasteiger partial charge in [-0.25, -0.2) is 0 Å². The lowest BCUT2D eigenvalue weighted by molar-refractivity contribution is -0.137. The zero-order valence-corrected chi connectivity index (χ0v) is 13.6. The Hall–Kier alpha value is -1.10. The van der Waals surface area contributed by atoms with Gasteiger partial charge in [-0.2, -0.15) is 13.2 Å². The van der Waals surface area contributed by atoms with Crippen LogP contribution in [0.25, 0.3) is 0 Å². The van der Waals surface area contributed by atoms with E-state index in [1.807, 2.05) is 0 Å². The molecule has 1 aliphatic rings. The van der Waals surface area contributed by atoms with Gasteiger partial charge in [-0.3, -0.25) is 4.79 Å². The van der Waals surface area contributed by atoms with Crippen molar-refractivity contribution < 1.29 is 18.0 Å². The van der Waals surface area contributed by atoms with E-state index >= 15 is 0 Å². The minimum Gasteiger partial charge on any atom is -0.300 e. The molecule has 21 heavy (non-hydrogen) atoms. The van der Waals surface area contributed by atoms with E-state index in [1.165, 1.54) is 12.1 Å². The minimum atomic E-state index is -4.30. The number of benzene rings is 1. The van der Waals surface area contributed by atoms with E-state index in [-0.39, 0.29) is 11.7 Å². The Kier molecular flexibility index (Phi) is 4.33. The van der Waals surface area contributed by atoms with Gasteiger partial charge >= 0.3 is 6.18 Å². The zero-order valence-electron chi connectivity index (χ0n) is 12.6. The van der Waals surface area contributed by atoms with Gasteiger partial charge in [0.2, 0.25) is 0 Å². The summed E-state index contributed by atoms with van der Waals surface area (Å²) in [5.41, 5.74) is 0.653. The highest BCUT2D eigenvalue weighted by Crippen LogP contribution is 2.43. The highest BCUT2D eigenvalue weighted by molar-refractivity contribution is 6.77. The molecule has 0 amide bonds. The number of rotatable bonds is 2. The molecule has 1 saturated carbocycles. The fraction of sp³-hybridized carbons (Fsp3) is 0.562. The van der Waals surface area contributed by atoms with Crippen LogP contribution in [0.1, 0.15) is 36.3 Å². The maximum Gasteiger partial charge on any atom is 0.416 e. The number of Topliss-reactive ketones (excluding diaryl/α,β-unsaturated/α-hetero) is 1. The van der Waals surface area contributed by atoms with Crippen molar-refractivity contribution in [2.45, 2.75) is 56.5 Å². The van der Waals surface area contributed by atoms with Crippen LogP contribution in [0.15, 0.2) is 24.3 Å². The van der Waals surface area contributed by atoms with Crippen LogP contribution < -0.4 is 0 Å². The van der Waals surface area contributed by atoms with E-state index in [0.29, 0.717) is 18.4 Å². The predicted molar refractivity (Wildman–Crippen MR) is 80.1 cm³/mol. The van der Waals surface area contributed by atoms with Crippen LogP contribution in [-0.4, -0.2) is 13.9 Å². The topological polar surface area (TPSA) is 17.1 Å². The SMILES string of the molecule is C[Si](C)(C)C1CC(=O)C[C@@H](c2ccc(C(F)(F)F)cc2)C1. The second kappa shape index (κ2) is 5.59. The van der Waals surface area contributed by atoms with E-state index in [9.17, 15) is 18.0 Å². The van der Waals surface area contributed by atoms with Gasteiger partial charge in [0.25, 0.3) is 0 Å². The lowest BCUT2D eigenvalue weighted by atomic mass is 9.83. The molecule has 5 heteroatoms. The number of carbonyl (C=O) groups is 1. The van der Waals surface area contributed by atoms with Crippen LogP contribution in [0, 0.1) is 0 Å². The maximum absolute atomic E-state index is 12.6. The molecule has 0 bridgehead atoms. The minimum absolute atomic E-state index is 0.0743. The molecule has 1 nitrogen and oxygen atoms in total. The standard InChI is InChI=1S/C16H21F3OSi/c1-21(2,3)15-9-12(8-14(20)10-15)11-4-6-13(7-5-11)16(17,18)19/h4-7,12,15H,8-10H2,1-3H3/t12-,15?/m1/s1. The third-order valence-corrected chi connectivity index (χ3v) is 7.34. The smallest absolute Gasteiger partial charge is 0.300 e. The molecular formula is C16H21F3OSi. The van der Waals surface area contributed by atoms with Gasteiger partial charge < -0.3 is 0 Å². The molecule has 0 saturated heterocycles. The lowest BCUT2D eigenvalue weighted by Gasteiger charge is -2.36. The van der Waals surface area contributed by atoms with Crippen LogP contribution >= 0.6 is 0 Å². The molecule has 0 radical (unpaired) electrons. The van der Waals surface area contributed by atoms with Crippen molar-refractivity contribution in [3.8, 4) is 0 Å². The van der Waals surface area contributed by atoms with E-state index < -0.39 is 19.8 Å². The molecule has 1 aromatic rings. The Bertz CT molecular complexity index is 514. The van der Waals surface area contributed by atoms with E-state index in [2.05, 4.69) is 19.6 Å². The second-order valence-electron chi connectivity index (χ2n) is 7.06. The molecule has 2 atom stereocenters. The summed E-state index contributed by atoms with van der Waals surface area (Å²) in [5, 5.41) is 0. The van der Waals surface area contributed by atoms with Crippen molar-refractivity contribution in [1.82, 2.24) is 0 Å². The average molecular weight is 314 g/mol. The molecule has 0 aromatic heterocycles. The van der Waals surface area contributed by atoms with E-state index in [4.69, 9.17) is 0 Å². The number of halogens is 3. The Balaban J connectivity index is 2.19. The van der Waals surface area contributed by atoms with Crippen LogP contribution in [0.4, 0.5) is 13.2 Å². The molecule has 1 aromatic carbocycles. The molecule has 1 aliphatic carbocycles. The largest absolute Gasteiger partial charge is 0.416 e. The molecule has 0 N–H and O–H groups in total. The third kappa shape index (κ3) is 3.96. The Labute approximate surface area is 124 Å². The van der Waals surface area contributed by atoms with E-state index in [1.54, 1.807) is 0 Å². The molecule has 1 fully saturated rings. The number of hydrogen-bond donors (Lipinski definition) is 0. The lowest BCUT2D eigenvalue weighted by Crippen LogP contribution is -2.34. The summed E-state index contributed by atoms with van der Waals surface area (Å²) >= 11 is 0. The molecule has 116 valence electrons. The van der Waals surface area contributed by atoms with Gasteiger partial charge in [0.1, 0.15) is 5.78 Å². The van der Waals surface area contributed by atoms with E-state index in [0.717, 1.165) is 24.1 Å². The van der Waals surface area contributed by atoms with Gasteiger partial charge in [-0.15, -0.1) is 0 Å². The van der Waals surface area contributed by atoms with Crippen molar-refractivity contribution in [3.63, 3.8) is 0 Å². The van der Waals surface area contributed by atoms with Crippen LogP contribution in [-0.2, 0) is 11.0 Å². The zero-order chi connectivity index (χ0) is 15.8. The maximum atomic E-state index is 12.6. The number of ketones is 1. The molecule has 0 heterocycles. The summed E-state index contributed by atoms with van der Waals surface area (Å²) in [4.78, 5) is 12.0. The Morgan fingerprint density at radius 2 is 1.62 bits per heavy atom. The van der Waals surface area contributed by atoms with Crippen molar-refractivity contribution in [3.05, 3.63) is 35.4 Å². The van der Waals surface area contributed by atoms with Gasteiger partial charge in [-0.05, 0) is 35.6 Å². The fourth-order valence-electron chi connectivity index (χ4n) is 3.00. The molecular weight excluding hydrogens is 293 g/mol. The second-order valence-corrected chi connectivity index (χ2v) is 12.6. The summed E-state index contributed by atoms with van der Waals surface area (Å²) in [6.07, 6.45) is -2.27. The van der Waals surface area contributed by atoms with Crippen LogP contribution in [0.2, 0.25) is 25.2 Å². The first-order valence-corrected chi connectivity index (χ1v) is 10.8. The first-order chi connectivity index (χ1) is 9.57. The van der Waals surface area contributed by atoms with Gasteiger partial charge in [0, 0.05) is 20.9 Å². The summed E-state index contributed by atoms with van der Waals surface area (Å²) in [6, 6.07) is 5.32. The molecule has 0 aliphatic heterocycles. The first kappa shape index (κ1) is 16.3. The highest BCUT2D eigenvalue weighted by atomic mass is 28.3. The quantitative estimate of drug-likeness (QED) is 0.681. The van der Waals surface area contributed by atoms with Crippen molar-refractivity contribution in [2.75, 3.05) is 0 Å². The summed E-state index contributed by atoms with van der Waals surface area (Å²) in [6.45, 7) is 6.75. The Morgan fingerprint density at radius 1 is 1.05 bits per heavy atom. The monoisotopic (exact) mass is 314 g/mol. The highest BCUT2D eigenvalue weighted by Gasteiger charge is 2.36. The predicted octanol–water partition coefficient (Wildman–Crippen LogP) is 5.25. The third-order valence-electron chi connectivity index (χ3n) is 4.45. The normalized spacial score (nSPS) is 24.2. The molecule has 0 spiro atoms. The van der Waals surface area contributed by atoms with Gasteiger partial charge in [0.05, 0.1) is 5.56 Å². The van der Waals surface area contributed by atoms with Crippen molar-refractivity contribution in [1.29, 1.82) is 0 Å². The number of hydrogen-bond acceptors (Lipinski definition) is 1. The average Bonchev–Trinajstić information content (AvgIpc) is 2.36. The van der Waals surface area contributed by atoms with Crippen molar-refractivity contribution >= 4 is 13.9 Å². The number of alkyl halides is 3. The summed E-state index contributed by atoms with van der Waals surface area (Å²) in [5.74, 6) is 0.323. The number of carbonyl (C=O) groups excluding carboxylic acids is 1.